The van der Waals surface area contributed by atoms with Crippen LogP contribution in [-0.4, -0.2) is 27.2 Å². The van der Waals surface area contributed by atoms with Crippen molar-refractivity contribution in [1.82, 2.24) is 10.2 Å². The van der Waals surface area contributed by atoms with Crippen molar-refractivity contribution in [2.24, 2.45) is 5.73 Å². The Bertz CT molecular complexity index is 556. The maximum Gasteiger partial charge on any atom is 0.335 e. The fraction of sp³-hybridized carbons (Fsp3) is 0. The van der Waals surface area contributed by atoms with Crippen LogP contribution in [0.25, 0.3) is 0 Å². The van der Waals surface area contributed by atoms with E-state index in [1.165, 1.54) is 30.0 Å². The molecule has 7 heteroatoms. The van der Waals surface area contributed by atoms with E-state index in [4.69, 9.17) is 10.8 Å². The van der Waals surface area contributed by atoms with Crippen LogP contribution in [0.4, 0.5) is 0 Å². The summed E-state index contributed by atoms with van der Waals surface area (Å²) in [4.78, 5) is 22.4. The second kappa shape index (κ2) is 5.49. The van der Waals surface area contributed by atoms with Gasteiger partial charge in [0, 0.05) is 4.90 Å². The third kappa shape index (κ3) is 3.29. The van der Waals surface area contributed by atoms with Crippen molar-refractivity contribution in [3.8, 4) is 0 Å². The molecule has 0 fully saturated rings. The molecule has 19 heavy (non-hydrogen) atoms. The van der Waals surface area contributed by atoms with E-state index in [-0.39, 0.29) is 11.3 Å². The lowest BCUT2D eigenvalue weighted by atomic mass is 10.2. The van der Waals surface area contributed by atoms with Crippen molar-refractivity contribution < 1.29 is 14.7 Å². The molecule has 1 heterocycles. The number of hydrogen-bond donors (Lipinski definition) is 2. The summed E-state index contributed by atoms with van der Waals surface area (Å²) in [7, 11) is 0. The molecule has 2 rings (SSSR count). The lowest BCUT2D eigenvalue weighted by Gasteiger charge is -2.01. The van der Waals surface area contributed by atoms with Crippen molar-refractivity contribution in [2.75, 3.05) is 0 Å². The highest BCUT2D eigenvalue weighted by atomic mass is 32.2. The van der Waals surface area contributed by atoms with Gasteiger partial charge in [0.05, 0.1) is 5.56 Å². The Kier molecular flexibility index (Phi) is 3.76. The van der Waals surface area contributed by atoms with Gasteiger partial charge in [-0.1, -0.05) is 11.8 Å². The first kappa shape index (κ1) is 13.0. The van der Waals surface area contributed by atoms with Gasteiger partial charge in [-0.2, -0.15) is 0 Å². The summed E-state index contributed by atoms with van der Waals surface area (Å²) in [5.41, 5.74) is 5.38. The van der Waals surface area contributed by atoms with Crippen LogP contribution >= 0.6 is 11.8 Å². The molecule has 0 spiro atoms. The molecular formula is C12H9N3O3S. The first-order valence-electron chi connectivity index (χ1n) is 5.21. The maximum absolute atomic E-state index is 10.8. The lowest BCUT2D eigenvalue weighted by molar-refractivity contribution is 0.0696. The number of primary amides is 1. The average Bonchev–Trinajstić information content (AvgIpc) is 2.40. The lowest BCUT2D eigenvalue weighted by Crippen LogP contribution is -2.13. The van der Waals surface area contributed by atoms with Gasteiger partial charge >= 0.3 is 5.97 Å². The fourth-order valence-corrected chi connectivity index (χ4v) is 2.02. The zero-order valence-electron chi connectivity index (χ0n) is 9.61. The standard InChI is InChI=1S/C12H9N3O3S/c13-11(16)9-5-6-10(15-14-9)19-8-3-1-7(2-4-8)12(17)18/h1-6H,(H2,13,16)(H,17,18). The first-order chi connectivity index (χ1) is 9.06. The number of carboxylic acids is 1. The summed E-state index contributed by atoms with van der Waals surface area (Å²) >= 11 is 1.31. The van der Waals surface area contributed by atoms with E-state index in [0.29, 0.717) is 5.03 Å². The predicted molar refractivity (Wildman–Crippen MR) is 68.1 cm³/mol. The minimum atomic E-state index is -0.970. The summed E-state index contributed by atoms with van der Waals surface area (Å²) < 4.78 is 0. The van der Waals surface area contributed by atoms with E-state index in [9.17, 15) is 9.59 Å². The molecule has 0 unspecified atom stereocenters. The molecule has 1 amide bonds. The van der Waals surface area contributed by atoms with Gasteiger partial charge < -0.3 is 10.8 Å². The van der Waals surface area contributed by atoms with Gasteiger partial charge in [-0.15, -0.1) is 10.2 Å². The van der Waals surface area contributed by atoms with Crippen LogP contribution in [0.2, 0.25) is 0 Å². The highest BCUT2D eigenvalue weighted by Gasteiger charge is 2.06. The normalized spacial score (nSPS) is 10.1. The minimum Gasteiger partial charge on any atom is -0.478 e. The zero-order valence-corrected chi connectivity index (χ0v) is 10.4. The number of hydrogen-bond acceptors (Lipinski definition) is 5. The Morgan fingerprint density at radius 3 is 2.21 bits per heavy atom. The van der Waals surface area contributed by atoms with Crippen LogP contribution in [0.5, 0.6) is 0 Å². The van der Waals surface area contributed by atoms with E-state index in [1.54, 1.807) is 18.2 Å². The van der Waals surface area contributed by atoms with Crippen molar-refractivity contribution in [3.05, 3.63) is 47.7 Å². The summed E-state index contributed by atoms with van der Waals surface area (Å²) in [6.07, 6.45) is 0. The number of carboxylic acid groups (broad SMARTS) is 1. The molecule has 1 aromatic heterocycles. The van der Waals surface area contributed by atoms with Crippen molar-refractivity contribution in [1.29, 1.82) is 0 Å². The molecule has 0 saturated heterocycles. The molecular weight excluding hydrogens is 266 g/mol. The Morgan fingerprint density at radius 1 is 1.05 bits per heavy atom. The van der Waals surface area contributed by atoms with Gasteiger partial charge in [0.15, 0.2) is 5.69 Å². The molecule has 3 N–H and O–H groups in total. The van der Waals surface area contributed by atoms with Crippen LogP contribution in [0, 0.1) is 0 Å². The second-order valence-electron chi connectivity index (χ2n) is 3.55. The smallest absolute Gasteiger partial charge is 0.335 e. The number of rotatable bonds is 4. The Morgan fingerprint density at radius 2 is 1.74 bits per heavy atom. The molecule has 1 aromatic carbocycles. The number of nitrogens with two attached hydrogens (primary N) is 1. The SMILES string of the molecule is NC(=O)c1ccc(Sc2ccc(C(=O)O)cc2)nn1. The van der Waals surface area contributed by atoms with Crippen LogP contribution in [0.3, 0.4) is 0 Å². The number of carbonyl (C=O) groups excluding carboxylic acids is 1. The van der Waals surface area contributed by atoms with Crippen molar-refractivity contribution in [2.45, 2.75) is 9.92 Å². The molecule has 0 saturated carbocycles. The Hall–Kier alpha value is -2.41. The Labute approximate surface area is 112 Å². The number of carbonyl (C=O) groups is 2. The monoisotopic (exact) mass is 275 g/mol. The van der Waals surface area contributed by atoms with Gasteiger partial charge in [0.25, 0.3) is 5.91 Å². The quantitative estimate of drug-likeness (QED) is 0.874. The molecule has 0 aliphatic carbocycles. The van der Waals surface area contributed by atoms with Crippen LogP contribution in [0.1, 0.15) is 20.8 Å². The number of benzene rings is 1. The van der Waals surface area contributed by atoms with Crippen LogP contribution in [0.15, 0.2) is 46.3 Å². The third-order valence-electron chi connectivity index (χ3n) is 2.22. The fourth-order valence-electron chi connectivity index (χ4n) is 1.29. The maximum atomic E-state index is 10.8. The van der Waals surface area contributed by atoms with Gasteiger partial charge in [0.2, 0.25) is 0 Å². The minimum absolute atomic E-state index is 0.102. The number of nitrogens with zero attached hydrogens (tertiary/aromatic N) is 2. The molecule has 0 radical (unpaired) electrons. The summed E-state index contributed by atoms with van der Waals surface area (Å²) in [5.74, 6) is -1.60. The highest BCUT2D eigenvalue weighted by Crippen LogP contribution is 2.25. The number of amides is 1. The Balaban J connectivity index is 2.12. The van der Waals surface area contributed by atoms with Gasteiger partial charge in [-0.3, -0.25) is 4.79 Å². The molecule has 2 aromatic rings. The van der Waals surface area contributed by atoms with Crippen LogP contribution < -0.4 is 5.73 Å². The third-order valence-corrected chi connectivity index (χ3v) is 3.15. The van der Waals surface area contributed by atoms with Gasteiger partial charge in [-0.05, 0) is 36.4 Å². The zero-order chi connectivity index (χ0) is 13.8. The predicted octanol–water partition coefficient (Wildman–Crippen LogP) is 1.42. The highest BCUT2D eigenvalue weighted by molar-refractivity contribution is 7.99. The second-order valence-corrected chi connectivity index (χ2v) is 4.65. The van der Waals surface area contributed by atoms with Gasteiger partial charge in [-0.25, -0.2) is 4.79 Å². The van der Waals surface area contributed by atoms with Crippen molar-refractivity contribution >= 4 is 23.6 Å². The summed E-state index contributed by atoms with van der Waals surface area (Å²) in [6.45, 7) is 0. The number of aromatic nitrogens is 2. The molecule has 0 atom stereocenters. The molecule has 0 aliphatic rings. The molecule has 0 aliphatic heterocycles. The number of aromatic carboxylic acids is 1. The summed E-state index contributed by atoms with van der Waals surface area (Å²) in [6, 6.07) is 9.49. The van der Waals surface area contributed by atoms with E-state index >= 15 is 0 Å². The van der Waals surface area contributed by atoms with Crippen LogP contribution in [-0.2, 0) is 0 Å². The van der Waals surface area contributed by atoms with E-state index < -0.39 is 11.9 Å². The first-order valence-corrected chi connectivity index (χ1v) is 6.02. The summed E-state index contributed by atoms with van der Waals surface area (Å²) in [5, 5.41) is 16.9. The van der Waals surface area contributed by atoms with E-state index in [2.05, 4.69) is 10.2 Å². The molecule has 96 valence electrons. The van der Waals surface area contributed by atoms with E-state index in [0.717, 1.165) is 4.90 Å². The average molecular weight is 275 g/mol. The topological polar surface area (TPSA) is 106 Å². The van der Waals surface area contributed by atoms with Crippen molar-refractivity contribution in [3.63, 3.8) is 0 Å². The molecule has 0 bridgehead atoms. The van der Waals surface area contributed by atoms with E-state index in [1.807, 2.05) is 0 Å². The largest absolute Gasteiger partial charge is 0.478 e. The molecule has 6 nitrogen and oxygen atoms in total. The van der Waals surface area contributed by atoms with Gasteiger partial charge in [0.1, 0.15) is 5.03 Å².